The summed E-state index contributed by atoms with van der Waals surface area (Å²) in [5.74, 6) is 0.546. The molecule has 0 aliphatic carbocycles. The quantitative estimate of drug-likeness (QED) is 0.668. The molecule has 0 atom stereocenters. The van der Waals surface area contributed by atoms with Crippen LogP contribution in [-0.4, -0.2) is 30.7 Å². The number of rotatable bonds is 7. The average molecular weight is 403 g/mol. The number of amides is 1. The number of carbonyl (C=O) groups is 1. The SMILES string of the molecule is CCCCOc1ccc(NC(=O)C2(c3ccc(Cl)cc3)CCOCC2)c(C)n1. The van der Waals surface area contributed by atoms with Crippen LogP contribution in [0.4, 0.5) is 5.69 Å². The minimum Gasteiger partial charge on any atom is -0.478 e. The molecule has 0 bridgehead atoms. The van der Waals surface area contributed by atoms with Crippen molar-refractivity contribution in [3.8, 4) is 5.88 Å². The van der Waals surface area contributed by atoms with Crippen molar-refractivity contribution in [1.82, 2.24) is 4.98 Å². The van der Waals surface area contributed by atoms with Gasteiger partial charge in [0.2, 0.25) is 11.8 Å². The van der Waals surface area contributed by atoms with Gasteiger partial charge in [0.05, 0.1) is 23.4 Å². The number of aryl methyl sites for hydroxylation is 1. The van der Waals surface area contributed by atoms with Crippen LogP contribution in [0.5, 0.6) is 5.88 Å². The van der Waals surface area contributed by atoms with Crippen LogP contribution in [0.1, 0.15) is 43.9 Å². The number of ether oxygens (including phenoxy) is 2. The minimum absolute atomic E-state index is 0.0392. The van der Waals surface area contributed by atoms with Crippen LogP contribution in [-0.2, 0) is 14.9 Å². The summed E-state index contributed by atoms with van der Waals surface area (Å²) < 4.78 is 11.2. The smallest absolute Gasteiger partial charge is 0.235 e. The lowest BCUT2D eigenvalue weighted by Crippen LogP contribution is -2.45. The summed E-state index contributed by atoms with van der Waals surface area (Å²) in [4.78, 5) is 17.8. The topological polar surface area (TPSA) is 60.5 Å². The molecule has 1 N–H and O–H groups in total. The van der Waals surface area contributed by atoms with E-state index in [1.165, 1.54) is 0 Å². The maximum absolute atomic E-state index is 13.4. The van der Waals surface area contributed by atoms with E-state index in [-0.39, 0.29) is 5.91 Å². The molecule has 0 saturated carbocycles. The zero-order valence-electron chi connectivity index (χ0n) is 16.5. The van der Waals surface area contributed by atoms with Gasteiger partial charge in [0.15, 0.2) is 0 Å². The molecule has 1 aromatic carbocycles. The summed E-state index contributed by atoms with van der Waals surface area (Å²) in [6, 6.07) is 11.2. The normalized spacial score (nSPS) is 15.8. The highest BCUT2D eigenvalue weighted by molar-refractivity contribution is 6.30. The molecular weight excluding hydrogens is 376 g/mol. The molecule has 5 nitrogen and oxygen atoms in total. The van der Waals surface area contributed by atoms with E-state index in [1.807, 2.05) is 37.3 Å². The van der Waals surface area contributed by atoms with Gasteiger partial charge in [-0.1, -0.05) is 37.1 Å². The van der Waals surface area contributed by atoms with Crippen LogP contribution in [0.25, 0.3) is 0 Å². The second-order valence-electron chi connectivity index (χ2n) is 7.14. The lowest BCUT2D eigenvalue weighted by molar-refractivity contribution is -0.125. The molecule has 0 spiro atoms. The van der Waals surface area contributed by atoms with Crippen LogP contribution in [0.2, 0.25) is 5.02 Å². The molecule has 1 saturated heterocycles. The third-order valence-corrected chi connectivity index (χ3v) is 5.49. The van der Waals surface area contributed by atoms with Crippen LogP contribution in [0, 0.1) is 6.92 Å². The van der Waals surface area contributed by atoms with Gasteiger partial charge in [0.1, 0.15) is 0 Å². The second kappa shape index (κ2) is 9.39. The Labute approximate surface area is 171 Å². The first-order valence-corrected chi connectivity index (χ1v) is 10.2. The van der Waals surface area contributed by atoms with E-state index >= 15 is 0 Å². The monoisotopic (exact) mass is 402 g/mol. The molecule has 3 rings (SSSR count). The van der Waals surface area contributed by atoms with Gasteiger partial charge in [-0.25, -0.2) is 4.98 Å². The molecule has 1 aliphatic heterocycles. The van der Waals surface area contributed by atoms with Crippen molar-refractivity contribution in [3.63, 3.8) is 0 Å². The largest absolute Gasteiger partial charge is 0.478 e. The van der Waals surface area contributed by atoms with E-state index < -0.39 is 5.41 Å². The lowest BCUT2D eigenvalue weighted by Gasteiger charge is -2.36. The molecule has 0 radical (unpaired) electrons. The second-order valence-corrected chi connectivity index (χ2v) is 7.58. The van der Waals surface area contributed by atoms with E-state index in [4.69, 9.17) is 21.1 Å². The Balaban J connectivity index is 1.79. The van der Waals surface area contributed by atoms with Gasteiger partial charge in [0, 0.05) is 24.3 Å². The molecule has 150 valence electrons. The van der Waals surface area contributed by atoms with Gasteiger partial charge in [-0.2, -0.15) is 0 Å². The Morgan fingerprint density at radius 3 is 2.57 bits per heavy atom. The highest BCUT2D eigenvalue weighted by atomic mass is 35.5. The highest BCUT2D eigenvalue weighted by Crippen LogP contribution is 2.37. The van der Waals surface area contributed by atoms with Crippen molar-refractivity contribution in [3.05, 3.63) is 52.7 Å². The molecule has 1 aromatic heterocycles. The highest BCUT2D eigenvalue weighted by Gasteiger charge is 2.41. The molecule has 1 aliphatic rings. The van der Waals surface area contributed by atoms with Gasteiger partial charge in [-0.15, -0.1) is 0 Å². The molecule has 28 heavy (non-hydrogen) atoms. The van der Waals surface area contributed by atoms with Gasteiger partial charge >= 0.3 is 0 Å². The van der Waals surface area contributed by atoms with Crippen LogP contribution in [0.15, 0.2) is 36.4 Å². The molecule has 1 fully saturated rings. The van der Waals surface area contributed by atoms with Crippen LogP contribution in [0.3, 0.4) is 0 Å². The summed E-state index contributed by atoms with van der Waals surface area (Å²) >= 11 is 6.04. The Bertz CT molecular complexity index is 802. The van der Waals surface area contributed by atoms with Crippen molar-refractivity contribution in [2.24, 2.45) is 0 Å². The fraction of sp³-hybridized carbons (Fsp3) is 0.455. The first-order valence-electron chi connectivity index (χ1n) is 9.81. The Morgan fingerprint density at radius 2 is 1.93 bits per heavy atom. The summed E-state index contributed by atoms with van der Waals surface area (Å²) in [5, 5.41) is 3.74. The number of hydrogen-bond donors (Lipinski definition) is 1. The standard InChI is InChI=1S/C22H27ClN2O3/c1-3-4-13-28-20-10-9-19(16(2)24-20)25-21(26)22(11-14-27-15-12-22)17-5-7-18(23)8-6-17/h5-10H,3-4,11-15H2,1-2H3,(H,25,26). The third kappa shape index (κ3) is 4.65. The molecule has 2 heterocycles. The first-order chi connectivity index (χ1) is 13.5. The third-order valence-electron chi connectivity index (χ3n) is 5.23. The van der Waals surface area contributed by atoms with Gasteiger partial charge in [0.25, 0.3) is 0 Å². The van der Waals surface area contributed by atoms with Crippen molar-refractivity contribution < 1.29 is 14.3 Å². The number of anilines is 1. The molecule has 1 amide bonds. The van der Waals surface area contributed by atoms with Crippen molar-refractivity contribution in [1.29, 1.82) is 0 Å². The number of pyridine rings is 1. The molecule has 6 heteroatoms. The van der Waals surface area contributed by atoms with Crippen LogP contribution < -0.4 is 10.1 Å². The van der Waals surface area contributed by atoms with E-state index in [0.29, 0.717) is 49.3 Å². The van der Waals surface area contributed by atoms with E-state index in [1.54, 1.807) is 6.07 Å². The number of benzene rings is 1. The van der Waals surface area contributed by atoms with E-state index in [0.717, 1.165) is 24.1 Å². The number of unbranched alkanes of at least 4 members (excludes halogenated alkanes) is 1. The summed E-state index contributed by atoms with van der Waals surface area (Å²) in [6.07, 6.45) is 3.32. The zero-order chi connectivity index (χ0) is 20.0. The predicted octanol–water partition coefficient (Wildman–Crippen LogP) is 4.91. The van der Waals surface area contributed by atoms with Crippen molar-refractivity contribution in [2.75, 3.05) is 25.1 Å². The van der Waals surface area contributed by atoms with E-state index in [2.05, 4.69) is 17.2 Å². The van der Waals surface area contributed by atoms with Crippen molar-refractivity contribution >= 4 is 23.2 Å². The predicted molar refractivity (Wildman–Crippen MR) is 111 cm³/mol. The minimum atomic E-state index is -0.633. The maximum atomic E-state index is 13.4. The number of halogens is 1. The van der Waals surface area contributed by atoms with E-state index in [9.17, 15) is 4.79 Å². The van der Waals surface area contributed by atoms with Crippen molar-refractivity contribution in [2.45, 2.75) is 44.9 Å². The average Bonchev–Trinajstić information content (AvgIpc) is 2.71. The Hall–Kier alpha value is -2.11. The number of carbonyl (C=O) groups excluding carboxylic acids is 1. The Kier molecular flexibility index (Phi) is 6.92. The summed E-state index contributed by atoms with van der Waals surface area (Å²) in [7, 11) is 0. The number of hydrogen-bond acceptors (Lipinski definition) is 4. The maximum Gasteiger partial charge on any atom is 0.235 e. The Morgan fingerprint density at radius 1 is 1.21 bits per heavy atom. The number of nitrogens with one attached hydrogen (secondary N) is 1. The summed E-state index contributed by atoms with van der Waals surface area (Å²) in [6.45, 7) is 5.75. The van der Waals surface area contributed by atoms with Gasteiger partial charge in [-0.05, 0) is 49.9 Å². The molecule has 2 aromatic rings. The van der Waals surface area contributed by atoms with Gasteiger partial charge in [-0.3, -0.25) is 4.79 Å². The van der Waals surface area contributed by atoms with Gasteiger partial charge < -0.3 is 14.8 Å². The molecular formula is C22H27ClN2O3. The van der Waals surface area contributed by atoms with Crippen LogP contribution >= 0.6 is 11.6 Å². The fourth-order valence-corrected chi connectivity index (χ4v) is 3.58. The summed E-state index contributed by atoms with van der Waals surface area (Å²) in [5.41, 5.74) is 1.77. The number of nitrogens with zero attached hydrogens (tertiary/aromatic N) is 1. The fourth-order valence-electron chi connectivity index (χ4n) is 3.45. The first kappa shape index (κ1) is 20.6. The molecule has 0 unspecified atom stereocenters. The zero-order valence-corrected chi connectivity index (χ0v) is 17.2. The number of aromatic nitrogens is 1. The lowest BCUT2D eigenvalue weighted by atomic mass is 9.73.